The van der Waals surface area contributed by atoms with E-state index in [0.29, 0.717) is 6.61 Å². The van der Waals surface area contributed by atoms with Crippen molar-refractivity contribution < 1.29 is 14.6 Å². The van der Waals surface area contributed by atoms with Crippen molar-refractivity contribution >= 4 is 5.97 Å². The molecule has 1 aliphatic carbocycles. The molecular weight excluding hydrogens is 300 g/mol. The molecule has 24 heavy (non-hydrogen) atoms. The lowest BCUT2D eigenvalue weighted by Gasteiger charge is -2.28. The van der Waals surface area contributed by atoms with Crippen molar-refractivity contribution in [1.82, 2.24) is 0 Å². The van der Waals surface area contributed by atoms with Crippen LogP contribution in [0.3, 0.4) is 0 Å². The van der Waals surface area contributed by atoms with Gasteiger partial charge in [0, 0.05) is 6.61 Å². The van der Waals surface area contributed by atoms with Crippen molar-refractivity contribution in [1.29, 1.82) is 0 Å². The minimum atomic E-state index is 0.0533. The van der Waals surface area contributed by atoms with Gasteiger partial charge < -0.3 is 9.84 Å². The molecule has 0 amide bonds. The highest BCUT2D eigenvalue weighted by atomic mass is 16.5. The third-order valence-electron chi connectivity index (χ3n) is 5.38. The van der Waals surface area contributed by atoms with Crippen LogP contribution in [0, 0.1) is 11.8 Å². The first kappa shape index (κ1) is 21.5. The number of aliphatic hydroxyl groups excluding tert-OH is 1. The highest BCUT2D eigenvalue weighted by Gasteiger charge is 2.27. The Bertz CT molecular complexity index is 299. The van der Waals surface area contributed by atoms with Crippen molar-refractivity contribution in [3.8, 4) is 0 Å². The fourth-order valence-electron chi connectivity index (χ4n) is 3.49. The minimum absolute atomic E-state index is 0.0533. The van der Waals surface area contributed by atoms with E-state index < -0.39 is 0 Å². The topological polar surface area (TPSA) is 46.5 Å². The molecule has 0 aromatic rings. The van der Waals surface area contributed by atoms with E-state index in [1.807, 2.05) is 0 Å². The summed E-state index contributed by atoms with van der Waals surface area (Å²) >= 11 is 0. The Morgan fingerprint density at radius 3 is 2.33 bits per heavy atom. The van der Waals surface area contributed by atoms with Gasteiger partial charge in [0.1, 0.15) is 0 Å². The van der Waals surface area contributed by atoms with Crippen molar-refractivity contribution in [2.45, 2.75) is 103 Å². The molecule has 142 valence electrons. The predicted octanol–water partition coefficient (Wildman–Crippen LogP) is 5.64. The maximum absolute atomic E-state index is 12.4. The Morgan fingerprint density at radius 1 is 1.00 bits per heavy atom. The highest BCUT2D eigenvalue weighted by molar-refractivity contribution is 5.72. The zero-order valence-electron chi connectivity index (χ0n) is 15.9. The van der Waals surface area contributed by atoms with Gasteiger partial charge in [0.2, 0.25) is 0 Å². The van der Waals surface area contributed by atoms with Crippen LogP contribution in [0.2, 0.25) is 0 Å². The summed E-state index contributed by atoms with van der Waals surface area (Å²) in [6, 6.07) is 0. The van der Waals surface area contributed by atoms with Gasteiger partial charge in [-0.1, -0.05) is 71.1 Å². The van der Waals surface area contributed by atoms with Gasteiger partial charge in [0.05, 0.1) is 12.5 Å². The number of hydrogen-bond acceptors (Lipinski definition) is 3. The normalized spacial score (nSPS) is 15.9. The van der Waals surface area contributed by atoms with Gasteiger partial charge in [0.15, 0.2) is 0 Å². The number of rotatable bonds is 16. The fraction of sp³-hybridized carbons (Fsp3) is 0.952. The van der Waals surface area contributed by atoms with Gasteiger partial charge in [-0.2, -0.15) is 0 Å². The van der Waals surface area contributed by atoms with Crippen LogP contribution >= 0.6 is 0 Å². The first-order valence-electron chi connectivity index (χ1n) is 10.6. The van der Waals surface area contributed by atoms with E-state index in [1.54, 1.807) is 0 Å². The highest BCUT2D eigenvalue weighted by Crippen LogP contribution is 2.34. The summed E-state index contributed by atoms with van der Waals surface area (Å²) in [5.74, 6) is 0.962. The van der Waals surface area contributed by atoms with Crippen LogP contribution in [0.4, 0.5) is 0 Å². The number of aliphatic hydroxyl groups is 1. The van der Waals surface area contributed by atoms with Crippen LogP contribution in [0.25, 0.3) is 0 Å². The largest absolute Gasteiger partial charge is 0.465 e. The summed E-state index contributed by atoms with van der Waals surface area (Å²) in [5, 5.41) is 8.76. The Kier molecular flexibility index (Phi) is 13.2. The van der Waals surface area contributed by atoms with Gasteiger partial charge >= 0.3 is 5.97 Å². The average molecular weight is 341 g/mol. The third kappa shape index (κ3) is 10.3. The zero-order valence-corrected chi connectivity index (χ0v) is 15.9. The van der Waals surface area contributed by atoms with Crippen LogP contribution < -0.4 is 0 Å². The smallest absolute Gasteiger partial charge is 0.308 e. The zero-order chi connectivity index (χ0) is 17.5. The molecule has 0 aromatic heterocycles. The Morgan fingerprint density at radius 2 is 1.67 bits per heavy atom. The standard InChI is InChI=1S/C21H40O3/c1-2-3-4-5-6-9-15-20(18-19-13-12-14-19)21(23)24-17-11-8-7-10-16-22/h19-20,22H,2-18H2,1H3. The van der Waals surface area contributed by atoms with E-state index >= 15 is 0 Å². The summed E-state index contributed by atoms with van der Waals surface area (Å²) in [6.07, 6.45) is 17.6. The van der Waals surface area contributed by atoms with Gasteiger partial charge in [0.25, 0.3) is 0 Å². The maximum atomic E-state index is 12.4. The van der Waals surface area contributed by atoms with Crippen LogP contribution in [0.5, 0.6) is 0 Å². The van der Waals surface area contributed by atoms with E-state index in [4.69, 9.17) is 9.84 Å². The third-order valence-corrected chi connectivity index (χ3v) is 5.38. The van der Waals surface area contributed by atoms with E-state index in [0.717, 1.165) is 44.4 Å². The molecule has 0 aromatic carbocycles. The molecule has 0 bridgehead atoms. The van der Waals surface area contributed by atoms with Crippen molar-refractivity contribution in [2.24, 2.45) is 11.8 Å². The molecule has 3 heteroatoms. The Hall–Kier alpha value is -0.570. The number of carbonyl (C=O) groups is 1. The van der Waals surface area contributed by atoms with Crippen LogP contribution in [-0.4, -0.2) is 24.3 Å². The average Bonchev–Trinajstić information content (AvgIpc) is 2.54. The van der Waals surface area contributed by atoms with Crippen LogP contribution in [0.1, 0.15) is 103 Å². The lowest BCUT2D eigenvalue weighted by Crippen LogP contribution is -2.24. The molecule has 1 N–H and O–H groups in total. The molecule has 0 aliphatic heterocycles. The molecule has 1 fully saturated rings. The second-order valence-corrected chi connectivity index (χ2v) is 7.59. The van der Waals surface area contributed by atoms with Crippen molar-refractivity contribution in [2.75, 3.05) is 13.2 Å². The molecule has 1 unspecified atom stereocenters. The van der Waals surface area contributed by atoms with E-state index in [9.17, 15) is 4.79 Å². The first-order chi connectivity index (χ1) is 11.8. The van der Waals surface area contributed by atoms with Gasteiger partial charge in [-0.3, -0.25) is 4.79 Å². The second-order valence-electron chi connectivity index (χ2n) is 7.59. The number of esters is 1. The molecule has 0 saturated heterocycles. The SMILES string of the molecule is CCCCCCCCC(CC1CCC1)C(=O)OCCCCCCO. The number of hydrogen-bond donors (Lipinski definition) is 1. The fourth-order valence-corrected chi connectivity index (χ4v) is 3.49. The molecule has 1 aliphatic rings. The summed E-state index contributed by atoms with van der Waals surface area (Å²) in [5.41, 5.74) is 0. The summed E-state index contributed by atoms with van der Waals surface area (Å²) in [4.78, 5) is 12.4. The molecule has 1 atom stereocenters. The van der Waals surface area contributed by atoms with Gasteiger partial charge in [-0.05, 0) is 38.0 Å². The summed E-state index contributed by atoms with van der Waals surface area (Å²) in [7, 11) is 0. The van der Waals surface area contributed by atoms with E-state index in [1.165, 1.54) is 57.8 Å². The van der Waals surface area contributed by atoms with Crippen molar-refractivity contribution in [3.63, 3.8) is 0 Å². The molecule has 0 heterocycles. The molecule has 1 rings (SSSR count). The van der Waals surface area contributed by atoms with Gasteiger partial charge in [-0.15, -0.1) is 0 Å². The van der Waals surface area contributed by atoms with E-state index in [2.05, 4.69) is 6.92 Å². The number of ether oxygens (including phenoxy) is 1. The quantitative estimate of drug-likeness (QED) is 0.292. The Labute approximate surface area is 149 Å². The minimum Gasteiger partial charge on any atom is -0.465 e. The summed E-state index contributed by atoms with van der Waals surface area (Å²) < 4.78 is 5.55. The molecule has 3 nitrogen and oxygen atoms in total. The molecular formula is C21H40O3. The number of unbranched alkanes of at least 4 members (excludes halogenated alkanes) is 8. The van der Waals surface area contributed by atoms with E-state index in [-0.39, 0.29) is 18.5 Å². The van der Waals surface area contributed by atoms with Crippen LogP contribution in [-0.2, 0) is 9.53 Å². The van der Waals surface area contributed by atoms with Crippen molar-refractivity contribution in [3.05, 3.63) is 0 Å². The van der Waals surface area contributed by atoms with Crippen LogP contribution in [0.15, 0.2) is 0 Å². The first-order valence-corrected chi connectivity index (χ1v) is 10.6. The summed E-state index contributed by atoms with van der Waals surface area (Å²) in [6.45, 7) is 3.07. The van der Waals surface area contributed by atoms with Gasteiger partial charge in [-0.25, -0.2) is 0 Å². The number of carbonyl (C=O) groups excluding carboxylic acids is 1. The Balaban J connectivity index is 2.17. The second kappa shape index (κ2) is 14.7. The lowest BCUT2D eigenvalue weighted by atomic mass is 9.78. The monoisotopic (exact) mass is 340 g/mol. The maximum Gasteiger partial charge on any atom is 0.308 e. The molecule has 0 radical (unpaired) electrons. The molecule has 0 spiro atoms. The molecule has 1 saturated carbocycles. The predicted molar refractivity (Wildman–Crippen MR) is 100.0 cm³/mol. The lowest BCUT2D eigenvalue weighted by molar-refractivity contribution is -0.150.